The summed E-state index contributed by atoms with van der Waals surface area (Å²) in [7, 11) is 3.21. The van der Waals surface area contributed by atoms with Gasteiger partial charge in [-0.2, -0.15) is 0 Å². The Morgan fingerprint density at radius 1 is 1.26 bits per heavy atom. The Hall–Kier alpha value is -2.16. The van der Waals surface area contributed by atoms with Crippen LogP contribution in [0, 0.1) is 0 Å². The van der Waals surface area contributed by atoms with Crippen molar-refractivity contribution in [3.05, 3.63) is 29.3 Å². The zero-order chi connectivity index (χ0) is 19.2. The average Bonchev–Trinajstić information content (AvgIpc) is 3.16. The van der Waals surface area contributed by atoms with Crippen LogP contribution in [0.25, 0.3) is 10.6 Å². The minimum absolute atomic E-state index is 0.113. The van der Waals surface area contributed by atoms with Crippen molar-refractivity contribution >= 4 is 17.2 Å². The number of rotatable bonds is 7. The standard InChI is InChI=1S/C19H25N3O4S/c1-25-16-4-3-14(11-17(16)26-2)19-20-15(13-27-19)12-18(24)22-7-5-21(6-8-22)9-10-23/h3-4,11,13,23H,5-10,12H2,1-2H3/p+1. The molecule has 1 aromatic carbocycles. The van der Waals surface area contributed by atoms with Crippen LogP contribution >= 0.6 is 11.3 Å². The molecule has 1 fully saturated rings. The van der Waals surface area contributed by atoms with Gasteiger partial charge in [0, 0.05) is 10.9 Å². The molecule has 0 radical (unpaired) electrons. The van der Waals surface area contributed by atoms with E-state index in [0.29, 0.717) is 17.9 Å². The third-order valence-corrected chi connectivity index (χ3v) is 5.74. The molecule has 2 N–H and O–H groups in total. The lowest BCUT2D eigenvalue weighted by Crippen LogP contribution is -3.15. The molecule has 3 rings (SSSR count). The van der Waals surface area contributed by atoms with Crippen LogP contribution in [0.3, 0.4) is 0 Å². The number of methoxy groups -OCH3 is 2. The zero-order valence-electron chi connectivity index (χ0n) is 15.7. The van der Waals surface area contributed by atoms with Crippen LogP contribution in [0.1, 0.15) is 5.69 Å². The molecule has 2 heterocycles. The molecule has 0 aliphatic carbocycles. The predicted octanol–water partition coefficient (Wildman–Crippen LogP) is 0.0892. The van der Waals surface area contributed by atoms with Gasteiger partial charge in [0.05, 0.1) is 59.1 Å². The van der Waals surface area contributed by atoms with Crippen molar-refractivity contribution in [3.8, 4) is 22.1 Å². The highest BCUT2D eigenvalue weighted by Gasteiger charge is 2.24. The lowest BCUT2D eigenvalue weighted by Gasteiger charge is -2.31. The average molecular weight is 393 g/mol. The molecular weight excluding hydrogens is 366 g/mol. The fraction of sp³-hybridized carbons (Fsp3) is 0.474. The summed E-state index contributed by atoms with van der Waals surface area (Å²) >= 11 is 1.52. The third-order valence-electron chi connectivity index (χ3n) is 4.80. The quantitative estimate of drug-likeness (QED) is 0.699. The highest BCUT2D eigenvalue weighted by molar-refractivity contribution is 7.13. The third kappa shape index (κ3) is 4.77. The maximum atomic E-state index is 12.6. The first-order chi connectivity index (χ1) is 13.1. The molecular formula is C19H26N3O4S+. The normalized spacial score (nSPS) is 15.0. The Bertz CT molecular complexity index is 772. The number of carbonyl (C=O) groups is 1. The number of nitrogens with zero attached hydrogens (tertiary/aromatic N) is 2. The van der Waals surface area contributed by atoms with Gasteiger partial charge in [-0.3, -0.25) is 4.79 Å². The molecule has 2 aromatic rings. The van der Waals surface area contributed by atoms with Gasteiger partial charge in [-0.1, -0.05) is 0 Å². The first kappa shape index (κ1) is 19.6. The maximum absolute atomic E-state index is 12.6. The lowest BCUT2D eigenvalue weighted by atomic mass is 10.2. The summed E-state index contributed by atoms with van der Waals surface area (Å²) in [5.74, 6) is 1.45. The molecule has 1 saturated heterocycles. The monoisotopic (exact) mass is 392 g/mol. The number of nitrogens with one attached hydrogen (secondary N) is 1. The number of carbonyl (C=O) groups excluding carboxylic acids is 1. The first-order valence-corrected chi connectivity index (χ1v) is 9.91. The lowest BCUT2D eigenvalue weighted by molar-refractivity contribution is -0.904. The van der Waals surface area contributed by atoms with Crippen molar-refractivity contribution in [2.24, 2.45) is 0 Å². The Morgan fingerprint density at radius 2 is 2.00 bits per heavy atom. The molecule has 0 unspecified atom stereocenters. The second-order valence-electron chi connectivity index (χ2n) is 6.49. The Labute approximate surface area is 163 Å². The van der Waals surface area contributed by atoms with Crippen molar-refractivity contribution in [1.29, 1.82) is 0 Å². The fourth-order valence-corrected chi connectivity index (χ4v) is 4.05. The van der Waals surface area contributed by atoms with Gasteiger partial charge < -0.3 is 24.4 Å². The van der Waals surface area contributed by atoms with E-state index >= 15 is 0 Å². The second kappa shape index (κ2) is 9.16. The van der Waals surface area contributed by atoms with E-state index in [1.807, 2.05) is 28.5 Å². The van der Waals surface area contributed by atoms with E-state index < -0.39 is 0 Å². The Morgan fingerprint density at radius 3 is 2.67 bits per heavy atom. The van der Waals surface area contributed by atoms with Crippen molar-refractivity contribution in [3.63, 3.8) is 0 Å². The highest BCUT2D eigenvalue weighted by Crippen LogP contribution is 2.33. The summed E-state index contributed by atoms with van der Waals surface area (Å²) in [6.45, 7) is 4.20. The van der Waals surface area contributed by atoms with Crippen LogP contribution < -0.4 is 14.4 Å². The summed E-state index contributed by atoms with van der Waals surface area (Å²) in [5, 5.41) is 11.8. The molecule has 7 nitrogen and oxygen atoms in total. The minimum Gasteiger partial charge on any atom is -0.493 e. The summed E-state index contributed by atoms with van der Waals surface area (Å²) in [5.41, 5.74) is 1.73. The number of aliphatic hydroxyl groups excluding tert-OH is 1. The maximum Gasteiger partial charge on any atom is 0.229 e. The number of quaternary nitrogens is 1. The number of hydrogen-bond donors (Lipinski definition) is 2. The molecule has 0 saturated carbocycles. The number of aliphatic hydroxyl groups is 1. The van der Waals surface area contributed by atoms with Gasteiger partial charge >= 0.3 is 0 Å². The van der Waals surface area contributed by atoms with E-state index in [1.165, 1.54) is 16.2 Å². The summed E-state index contributed by atoms with van der Waals surface area (Å²) in [4.78, 5) is 20.4. The van der Waals surface area contributed by atoms with Crippen LogP contribution in [0.15, 0.2) is 23.6 Å². The Balaban J connectivity index is 1.62. The summed E-state index contributed by atoms with van der Waals surface area (Å²) in [6.07, 6.45) is 0.319. The summed E-state index contributed by atoms with van der Waals surface area (Å²) < 4.78 is 10.6. The molecule has 146 valence electrons. The molecule has 1 aliphatic rings. The number of piperazine rings is 1. The van der Waals surface area contributed by atoms with Gasteiger partial charge in [0.1, 0.15) is 11.6 Å². The molecule has 1 aromatic heterocycles. The van der Waals surface area contributed by atoms with E-state index in [9.17, 15) is 4.79 Å². The van der Waals surface area contributed by atoms with E-state index in [1.54, 1.807) is 14.2 Å². The van der Waals surface area contributed by atoms with Gasteiger partial charge in [0.25, 0.3) is 0 Å². The molecule has 1 aliphatic heterocycles. The second-order valence-corrected chi connectivity index (χ2v) is 7.35. The predicted molar refractivity (Wildman–Crippen MR) is 104 cm³/mol. The molecule has 1 amide bonds. The van der Waals surface area contributed by atoms with Crippen molar-refractivity contribution in [2.75, 3.05) is 53.6 Å². The number of ether oxygens (including phenoxy) is 2. The van der Waals surface area contributed by atoms with Crippen molar-refractivity contribution in [1.82, 2.24) is 9.88 Å². The highest BCUT2D eigenvalue weighted by atomic mass is 32.1. The first-order valence-electron chi connectivity index (χ1n) is 9.03. The molecule has 8 heteroatoms. The largest absolute Gasteiger partial charge is 0.493 e. The van der Waals surface area contributed by atoms with Crippen LogP contribution in [0.2, 0.25) is 0 Å². The molecule has 27 heavy (non-hydrogen) atoms. The van der Waals surface area contributed by atoms with E-state index in [0.717, 1.165) is 49.0 Å². The smallest absolute Gasteiger partial charge is 0.229 e. The number of hydrogen-bond acceptors (Lipinski definition) is 6. The fourth-order valence-electron chi connectivity index (χ4n) is 3.24. The number of benzene rings is 1. The summed E-state index contributed by atoms with van der Waals surface area (Å²) in [6, 6.07) is 5.69. The van der Waals surface area contributed by atoms with Gasteiger partial charge in [-0.15, -0.1) is 11.3 Å². The van der Waals surface area contributed by atoms with Crippen LogP contribution in [0.5, 0.6) is 11.5 Å². The molecule has 0 bridgehead atoms. The van der Waals surface area contributed by atoms with Crippen LogP contribution in [-0.2, 0) is 11.2 Å². The SMILES string of the molecule is COc1ccc(-c2nc(CC(=O)N3CC[NH+](CCO)CC3)cs2)cc1OC. The van der Waals surface area contributed by atoms with Gasteiger partial charge in [-0.05, 0) is 18.2 Å². The number of amides is 1. The van der Waals surface area contributed by atoms with E-state index in [-0.39, 0.29) is 12.5 Å². The van der Waals surface area contributed by atoms with Crippen LogP contribution in [0.4, 0.5) is 0 Å². The number of thiazole rings is 1. The van der Waals surface area contributed by atoms with Gasteiger partial charge in [-0.25, -0.2) is 4.98 Å². The van der Waals surface area contributed by atoms with E-state index in [4.69, 9.17) is 14.6 Å². The van der Waals surface area contributed by atoms with Gasteiger partial charge in [0.2, 0.25) is 5.91 Å². The zero-order valence-corrected chi connectivity index (χ0v) is 16.6. The molecule has 0 spiro atoms. The van der Waals surface area contributed by atoms with E-state index in [2.05, 4.69) is 4.98 Å². The molecule has 0 atom stereocenters. The number of aromatic nitrogens is 1. The minimum atomic E-state index is 0.113. The Kier molecular flexibility index (Phi) is 6.65. The van der Waals surface area contributed by atoms with Crippen molar-refractivity contribution < 1.29 is 24.3 Å². The van der Waals surface area contributed by atoms with Crippen molar-refractivity contribution in [2.45, 2.75) is 6.42 Å². The van der Waals surface area contributed by atoms with Gasteiger partial charge in [0.15, 0.2) is 11.5 Å². The van der Waals surface area contributed by atoms with Crippen LogP contribution in [-0.4, -0.2) is 74.4 Å². The topological polar surface area (TPSA) is 76.3 Å².